The smallest absolute Gasteiger partial charge is 0.258 e. The van der Waals surface area contributed by atoms with E-state index in [0.29, 0.717) is 38.3 Å². The second-order valence-electron chi connectivity index (χ2n) is 8.50. The SMILES string of the molecule is Cc1ccc(OCC(=O)NC2CCN(C(=O)CCCOc3c(C)cccc3C)CC2)cc1. The number of rotatable bonds is 9. The van der Waals surface area contributed by atoms with Crippen molar-refractivity contribution in [2.45, 2.75) is 52.5 Å². The molecule has 6 nitrogen and oxygen atoms in total. The number of nitrogens with zero attached hydrogens (tertiary/aromatic N) is 1. The summed E-state index contributed by atoms with van der Waals surface area (Å²) in [5, 5.41) is 3.02. The molecule has 0 radical (unpaired) electrons. The van der Waals surface area contributed by atoms with Crippen LogP contribution in [0.3, 0.4) is 0 Å². The minimum Gasteiger partial charge on any atom is -0.493 e. The molecule has 1 aliphatic rings. The van der Waals surface area contributed by atoms with Crippen molar-refractivity contribution >= 4 is 11.8 Å². The van der Waals surface area contributed by atoms with Crippen LogP contribution in [0.1, 0.15) is 42.4 Å². The van der Waals surface area contributed by atoms with Crippen LogP contribution in [0.4, 0.5) is 0 Å². The van der Waals surface area contributed by atoms with Crippen LogP contribution in [0.15, 0.2) is 42.5 Å². The lowest BCUT2D eigenvalue weighted by atomic mass is 10.0. The Kier molecular flexibility index (Phi) is 8.54. The molecule has 32 heavy (non-hydrogen) atoms. The number of ether oxygens (including phenoxy) is 2. The Hall–Kier alpha value is -3.02. The maximum absolute atomic E-state index is 12.5. The highest BCUT2D eigenvalue weighted by Gasteiger charge is 2.23. The number of carbonyl (C=O) groups is 2. The zero-order valence-electron chi connectivity index (χ0n) is 19.4. The number of amides is 2. The molecular weight excluding hydrogens is 404 g/mol. The maximum Gasteiger partial charge on any atom is 0.258 e. The Morgan fingerprint density at radius 3 is 2.28 bits per heavy atom. The summed E-state index contributed by atoms with van der Waals surface area (Å²) in [5.41, 5.74) is 3.38. The van der Waals surface area contributed by atoms with E-state index in [0.717, 1.165) is 35.3 Å². The first kappa shape index (κ1) is 23.6. The van der Waals surface area contributed by atoms with Gasteiger partial charge in [-0.05, 0) is 63.3 Å². The van der Waals surface area contributed by atoms with Crippen molar-refractivity contribution < 1.29 is 19.1 Å². The van der Waals surface area contributed by atoms with Gasteiger partial charge in [-0.15, -0.1) is 0 Å². The van der Waals surface area contributed by atoms with Crippen molar-refractivity contribution in [3.8, 4) is 11.5 Å². The summed E-state index contributed by atoms with van der Waals surface area (Å²) in [4.78, 5) is 26.6. The van der Waals surface area contributed by atoms with Gasteiger partial charge < -0.3 is 19.7 Å². The maximum atomic E-state index is 12.5. The number of piperidine rings is 1. The first-order valence-electron chi connectivity index (χ1n) is 11.4. The molecule has 0 saturated carbocycles. The third kappa shape index (κ3) is 7.01. The summed E-state index contributed by atoms with van der Waals surface area (Å²) < 4.78 is 11.4. The van der Waals surface area contributed by atoms with Crippen molar-refractivity contribution in [1.82, 2.24) is 10.2 Å². The summed E-state index contributed by atoms with van der Waals surface area (Å²) in [6.45, 7) is 7.94. The third-order valence-corrected chi connectivity index (χ3v) is 5.79. The monoisotopic (exact) mass is 438 g/mol. The molecule has 0 bridgehead atoms. The van der Waals surface area contributed by atoms with E-state index in [1.165, 1.54) is 0 Å². The van der Waals surface area contributed by atoms with Gasteiger partial charge in [-0.1, -0.05) is 35.9 Å². The Morgan fingerprint density at radius 2 is 1.62 bits per heavy atom. The number of para-hydroxylation sites is 1. The fourth-order valence-corrected chi connectivity index (χ4v) is 3.91. The van der Waals surface area contributed by atoms with Crippen LogP contribution >= 0.6 is 0 Å². The fourth-order valence-electron chi connectivity index (χ4n) is 3.91. The molecule has 0 aliphatic carbocycles. The van der Waals surface area contributed by atoms with Crippen LogP contribution in [0.2, 0.25) is 0 Å². The summed E-state index contributed by atoms with van der Waals surface area (Å²) in [6, 6.07) is 13.8. The number of benzene rings is 2. The highest BCUT2D eigenvalue weighted by Crippen LogP contribution is 2.22. The molecule has 0 spiro atoms. The summed E-state index contributed by atoms with van der Waals surface area (Å²) >= 11 is 0. The molecule has 2 aromatic carbocycles. The number of carbonyl (C=O) groups excluding carboxylic acids is 2. The standard InChI is InChI=1S/C26H34N2O4/c1-19-9-11-23(12-10-19)32-18-24(29)27-22-13-15-28(16-14-22)25(30)8-5-17-31-26-20(2)6-4-7-21(26)3/h4,6-7,9-12,22H,5,8,13-18H2,1-3H3,(H,27,29). The number of hydrogen-bond acceptors (Lipinski definition) is 4. The van der Waals surface area contributed by atoms with E-state index in [1.54, 1.807) is 0 Å². The quantitative estimate of drug-likeness (QED) is 0.602. The second-order valence-corrected chi connectivity index (χ2v) is 8.50. The normalized spacial score (nSPS) is 14.2. The van der Waals surface area contributed by atoms with Gasteiger partial charge in [0.1, 0.15) is 11.5 Å². The lowest BCUT2D eigenvalue weighted by Crippen LogP contribution is -2.47. The van der Waals surface area contributed by atoms with Gasteiger partial charge in [0.15, 0.2) is 6.61 Å². The van der Waals surface area contributed by atoms with E-state index in [-0.39, 0.29) is 24.5 Å². The molecule has 0 atom stereocenters. The molecule has 0 aromatic heterocycles. The van der Waals surface area contributed by atoms with Crippen LogP contribution in [-0.2, 0) is 9.59 Å². The number of likely N-dealkylation sites (tertiary alicyclic amines) is 1. The van der Waals surface area contributed by atoms with Gasteiger partial charge in [0, 0.05) is 25.6 Å². The predicted octanol–water partition coefficient (Wildman–Crippen LogP) is 3.96. The van der Waals surface area contributed by atoms with Crippen LogP contribution in [0, 0.1) is 20.8 Å². The van der Waals surface area contributed by atoms with Crippen LogP contribution < -0.4 is 14.8 Å². The largest absolute Gasteiger partial charge is 0.493 e. The highest BCUT2D eigenvalue weighted by atomic mass is 16.5. The topological polar surface area (TPSA) is 67.9 Å². The number of hydrogen-bond donors (Lipinski definition) is 1. The highest BCUT2D eigenvalue weighted by molar-refractivity contribution is 5.78. The van der Waals surface area contributed by atoms with Gasteiger partial charge in [-0.25, -0.2) is 0 Å². The Bertz CT molecular complexity index is 882. The van der Waals surface area contributed by atoms with E-state index in [9.17, 15) is 9.59 Å². The second kappa shape index (κ2) is 11.6. The zero-order valence-corrected chi connectivity index (χ0v) is 19.4. The zero-order chi connectivity index (χ0) is 22.9. The molecule has 0 unspecified atom stereocenters. The lowest BCUT2D eigenvalue weighted by molar-refractivity contribution is -0.132. The van der Waals surface area contributed by atoms with Gasteiger partial charge in [0.25, 0.3) is 5.91 Å². The van der Waals surface area contributed by atoms with Crippen molar-refractivity contribution in [3.63, 3.8) is 0 Å². The van der Waals surface area contributed by atoms with Gasteiger partial charge in [-0.3, -0.25) is 9.59 Å². The van der Waals surface area contributed by atoms with E-state index in [2.05, 4.69) is 5.32 Å². The summed E-state index contributed by atoms with van der Waals surface area (Å²) in [5.74, 6) is 1.64. The molecular formula is C26H34N2O4. The van der Waals surface area contributed by atoms with Gasteiger partial charge in [-0.2, -0.15) is 0 Å². The molecule has 1 aliphatic heterocycles. The number of aryl methyl sites for hydroxylation is 3. The van der Waals surface area contributed by atoms with Crippen LogP contribution in [0.25, 0.3) is 0 Å². The van der Waals surface area contributed by atoms with Gasteiger partial charge in [0.05, 0.1) is 6.61 Å². The fraction of sp³-hybridized carbons (Fsp3) is 0.462. The third-order valence-electron chi connectivity index (χ3n) is 5.79. The minimum absolute atomic E-state index is 0.00255. The molecule has 172 valence electrons. The Labute approximate surface area is 190 Å². The average Bonchev–Trinajstić information content (AvgIpc) is 2.78. The molecule has 2 aromatic rings. The first-order chi connectivity index (χ1) is 15.4. The molecule has 1 heterocycles. The average molecular weight is 439 g/mol. The van der Waals surface area contributed by atoms with E-state index in [4.69, 9.17) is 9.47 Å². The molecule has 6 heteroatoms. The number of nitrogens with one attached hydrogen (secondary N) is 1. The van der Waals surface area contributed by atoms with Gasteiger partial charge >= 0.3 is 0 Å². The Balaban J connectivity index is 1.31. The molecule has 1 N–H and O–H groups in total. The molecule has 1 saturated heterocycles. The van der Waals surface area contributed by atoms with Crippen molar-refractivity contribution in [3.05, 3.63) is 59.2 Å². The van der Waals surface area contributed by atoms with Gasteiger partial charge in [0.2, 0.25) is 5.91 Å². The van der Waals surface area contributed by atoms with Crippen molar-refractivity contribution in [1.29, 1.82) is 0 Å². The first-order valence-corrected chi connectivity index (χ1v) is 11.4. The van der Waals surface area contributed by atoms with Crippen LogP contribution in [-0.4, -0.2) is 49.1 Å². The summed E-state index contributed by atoms with van der Waals surface area (Å²) in [6.07, 6.45) is 2.70. The van der Waals surface area contributed by atoms with E-state index in [1.807, 2.05) is 68.1 Å². The minimum atomic E-state index is -0.126. The lowest BCUT2D eigenvalue weighted by Gasteiger charge is -2.32. The van der Waals surface area contributed by atoms with Crippen LogP contribution in [0.5, 0.6) is 11.5 Å². The van der Waals surface area contributed by atoms with E-state index < -0.39 is 0 Å². The predicted molar refractivity (Wildman–Crippen MR) is 125 cm³/mol. The summed E-state index contributed by atoms with van der Waals surface area (Å²) in [7, 11) is 0. The molecule has 1 fully saturated rings. The molecule has 3 rings (SSSR count). The van der Waals surface area contributed by atoms with Crippen molar-refractivity contribution in [2.75, 3.05) is 26.3 Å². The van der Waals surface area contributed by atoms with Crippen molar-refractivity contribution in [2.24, 2.45) is 0 Å². The Morgan fingerprint density at radius 1 is 0.969 bits per heavy atom. The van der Waals surface area contributed by atoms with E-state index >= 15 is 0 Å². The molecule has 2 amide bonds.